The summed E-state index contributed by atoms with van der Waals surface area (Å²) in [6, 6.07) is 1.96. The van der Waals surface area contributed by atoms with Crippen molar-refractivity contribution in [3.05, 3.63) is 28.6 Å². The van der Waals surface area contributed by atoms with Gasteiger partial charge in [0.1, 0.15) is 11.6 Å². The largest absolute Gasteiger partial charge is 0.496 e. The van der Waals surface area contributed by atoms with E-state index in [4.69, 9.17) is 4.74 Å². The molecule has 1 aromatic rings. The Bertz CT molecular complexity index is 466. The smallest absolute Gasteiger partial charge is 0.130 e. The molecule has 2 aliphatic rings. The van der Waals surface area contributed by atoms with Crippen molar-refractivity contribution in [2.45, 2.75) is 44.4 Å². The van der Waals surface area contributed by atoms with Gasteiger partial charge in [-0.25, -0.2) is 4.39 Å². The van der Waals surface area contributed by atoms with Gasteiger partial charge in [-0.1, -0.05) is 0 Å². The minimum absolute atomic E-state index is 0.0456. The number of piperidine rings is 1. The van der Waals surface area contributed by atoms with Crippen LogP contribution >= 0.6 is 0 Å². The van der Waals surface area contributed by atoms with Crippen LogP contribution in [-0.2, 0) is 12.8 Å². The Labute approximate surface area is 114 Å². The molecule has 0 aromatic heterocycles. The minimum Gasteiger partial charge on any atom is -0.496 e. The molecule has 1 fully saturated rings. The maximum Gasteiger partial charge on any atom is 0.130 e. The van der Waals surface area contributed by atoms with Gasteiger partial charge in [-0.2, -0.15) is 0 Å². The molecule has 1 heterocycles. The Kier molecular flexibility index (Phi) is 3.74. The van der Waals surface area contributed by atoms with Crippen molar-refractivity contribution < 1.29 is 9.13 Å². The summed E-state index contributed by atoms with van der Waals surface area (Å²) >= 11 is 0. The SMILES string of the molecule is COc1cc(C2CCCNC2)c(F)c2c1CCCC2. The summed E-state index contributed by atoms with van der Waals surface area (Å²) in [7, 11) is 1.70. The second-order valence-electron chi connectivity index (χ2n) is 5.69. The summed E-state index contributed by atoms with van der Waals surface area (Å²) in [5.74, 6) is 1.25. The first-order valence-corrected chi connectivity index (χ1v) is 7.40. The highest BCUT2D eigenvalue weighted by molar-refractivity contribution is 5.47. The minimum atomic E-state index is 0.0456. The van der Waals surface area contributed by atoms with Gasteiger partial charge >= 0.3 is 0 Å². The lowest BCUT2D eigenvalue weighted by molar-refractivity contribution is 0.396. The van der Waals surface area contributed by atoms with Crippen LogP contribution in [0.5, 0.6) is 5.75 Å². The molecule has 0 amide bonds. The van der Waals surface area contributed by atoms with Gasteiger partial charge in [-0.05, 0) is 68.2 Å². The fourth-order valence-electron chi connectivity index (χ4n) is 3.48. The van der Waals surface area contributed by atoms with Crippen LogP contribution < -0.4 is 10.1 Å². The van der Waals surface area contributed by atoms with E-state index in [1.807, 2.05) is 6.07 Å². The summed E-state index contributed by atoms with van der Waals surface area (Å²) in [6.45, 7) is 1.94. The second kappa shape index (κ2) is 5.49. The van der Waals surface area contributed by atoms with E-state index in [9.17, 15) is 4.39 Å². The zero-order valence-corrected chi connectivity index (χ0v) is 11.6. The Morgan fingerprint density at radius 1 is 1.21 bits per heavy atom. The lowest BCUT2D eigenvalue weighted by Crippen LogP contribution is -2.29. The Morgan fingerprint density at radius 3 is 2.68 bits per heavy atom. The van der Waals surface area contributed by atoms with E-state index in [0.717, 1.165) is 74.1 Å². The summed E-state index contributed by atoms with van der Waals surface area (Å²) in [6.07, 6.45) is 6.27. The van der Waals surface area contributed by atoms with E-state index in [2.05, 4.69) is 5.32 Å². The molecule has 1 aliphatic carbocycles. The van der Waals surface area contributed by atoms with Crippen LogP contribution in [-0.4, -0.2) is 20.2 Å². The first-order valence-electron chi connectivity index (χ1n) is 7.40. The van der Waals surface area contributed by atoms with Crippen molar-refractivity contribution >= 4 is 0 Å². The van der Waals surface area contributed by atoms with Crippen LogP contribution in [0, 0.1) is 5.82 Å². The molecule has 1 atom stereocenters. The van der Waals surface area contributed by atoms with E-state index in [0.29, 0.717) is 5.92 Å². The van der Waals surface area contributed by atoms with Gasteiger partial charge < -0.3 is 10.1 Å². The number of hydrogen-bond donors (Lipinski definition) is 1. The highest BCUT2D eigenvalue weighted by Crippen LogP contribution is 2.37. The molecule has 1 N–H and O–H groups in total. The van der Waals surface area contributed by atoms with Crippen LogP contribution in [0.25, 0.3) is 0 Å². The molecule has 0 saturated carbocycles. The number of methoxy groups -OCH3 is 1. The highest BCUT2D eigenvalue weighted by Gasteiger charge is 2.26. The Hall–Kier alpha value is -1.09. The quantitative estimate of drug-likeness (QED) is 0.885. The molecule has 0 bridgehead atoms. The predicted octanol–water partition coefficient (Wildman–Crippen LogP) is 3.18. The number of benzene rings is 1. The van der Waals surface area contributed by atoms with Crippen LogP contribution in [0.1, 0.15) is 48.3 Å². The fraction of sp³-hybridized carbons (Fsp3) is 0.625. The van der Waals surface area contributed by atoms with Crippen LogP contribution in [0.15, 0.2) is 6.07 Å². The average molecular weight is 263 g/mol. The number of rotatable bonds is 2. The topological polar surface area (TPSA) is 21.3 Å². The van der Waals surface area contributed by atoms with E-state index >= 15 is 0 Å². The van der Waals surface area contributed by atoms with E-state index < -0.39 is 0 Å². The first-order chi connectivity index (χ1) is 9.31. The zero-order valence-electron chi connectivity index (χ0n) is 11.6. The second-order valence-corrected chi connectivity index (χ2v) is 5.69. The number of hydrogen-bond acceptors (Lipinski definition) is 2. The monoisotopic (exact) mass is 263 g/mol. The third-order valence-electron chi connectivity index (χ3n) is 4.53. The van der Waals surface area contributed by atoms with Crippen LogP contribution in [0.4, 0.5) is 4.39 Å². The molecule has 3 heteroatoms. The molecular weight excluding hydrogens is 241 g/mol. The lowest BCUT2D eigenvalue weighted by Gasteiger charge is -2.27. The van der Waals surface area contributed by atoms with Crippen LogP contribution in [0.2, 0.25) is 0 Å². The highest BCUT2D eigenvalue weighted by atomic mass is 19.1. The Morgan fingerprint density at radius 2 is 2.00 bits per heavy atom. The maximum absolute atomic E-state index is 14.8. The van der Waals surface area contributed by atoms with E-state index in [1.54, 1.807) is 7.11 Å². The van der Waals surface area contributed by atoms with Crippen molar-refractivity contribution in [1.29, 1.82) is 0 Å². The van der Waals surface area contributed by atoms with Crippen molar-refractivity contribution in [2.24, 2.45) is 0 Å². The Balaban J connectivity index is 2.04. The lowest BCUT2D eigenvalue weighted by atomic mass is 9.84. The van der Waals surface area contributed by atoms with E-state index in [1.165, 1.54) is 0 Å². The van der Waals surface area contributed by atoms with Gasteiger partial charge in [0.05, 0.1) is 7.11 Å². The van der Waals surface area contributed by atoms with Gasteiger partial charge in [0.15, 0.2) is 0 Å². The maximum atomic E-state index is 14.8. The standard InChI is InChI=1S/C16H22FNO/c1-19-15-9-14(11-5-4-8-18-10-11)16(17)13-7-3-2-6-12(13)15/h9,11,18H,2-8,10H2,1H3. The molecule has 104 valence electrons. The molecule has 19 heavy (non-hydrogen) atoms. The molecule has 1 unspecified atom stereocenters. The third-order valence-corrected chi connectivity index (χ3v) is 4.53. The molecule has 1 aliphatic heterocycles. The fourth-order valence-corrected chi connectivity index (χ4v) is 3.48. The summed E-state index contributed by atoms with van der Waals surface area (Å²) in [5, 5.41) is 3.37. The molecule has 0 radical (unpaired) electrons. The van der Waals surface area contributed by atoms with Gasteiger partial charge in [-0.15, -0.1) is 0 Å². The van der Waals surface area contributed by atoms with Gasteiger partial charge in [0.25, 0.3) is 0 Å². The average Bonchev–Trinajstić information content (AvgIpc) is 2.49. The molecule has 1 saturated heterocycles. The number of fused-ring (bicyclic) bond motifs is 1. The van der Waals surface area contributed by atoms with Gasteiger partial charge in [0.2, 0.25) is 0 Å². The van der Waals surface area contributed by atoms with Crippen LogP contribution in [0.3, 0.4) is 0 Å². The van der Waals surface area contributed by atoms with Gasteiger partial charge in [-0.3, -0.25) is 0 Å². The summed E-state index contributed by atoms with van der Waals surface area (Å²) < 4.78 is 20.3. The van der Waals surface area contributed by atoms with Crippen molar-refractivity contribution in [2.75, 3.05) is 20.2 Å². The first kappa shape index (κ1) is 12.9. The number of halogens is 1. The number of ether oxygens (including phenoxy) is 1. The van der Waals surface area contributed by atoms with Crippen molar-refractivity contribution in [3.63, 3.8) is 0 Å². The zero-order chi connectivity index (χ0) is 13.2. The van der Waals surface area contributed by atoms with E-state index in [-0.39, 0.29) is 5.82 Å². The molecule has 2 nitrogen and oxygen atoms in total. The normalized spacial score (nSPS) is 22.9. The van der Waals surface area contributed by atoms with Crippen molar-refractivity contribution in [1.82, 2.24) is 5.32 Å². The number of nitrogens with one attached hydrogen (secondary N) is 1. The predicted molar refractivity (Wildman–Crippen MR) is 74.4 cm³/mol. The third kappa shape index (κ3) is 2.36. The summed E-state index contributed by atoms with van der Waals surface area (Å²) in [4.78, 5) is 0. The van der Waals surface area contributed by atoms with Gasteiger partial charge in [0, 0.05) is 12.1 Å². The molecule has 3 rings (SSSR count). The van der Waals surface area contributed by atoms with Crippen molar-refractivity contribution in [3.8, 4) is 5.75 Å². The molecular formula is C16H22FNO. The summed E-state index contributed by atoms with van der Waals surface area (Å²) in [5.41, 5.74) is 2.90. The molecule has 0 spiro atoms. The molecule has 1 aromatic carbocycles.